The quantitative estimate of drug-likeness (QED) is 0.741. The van der Waals surface area contributed by atoms with E-state index in [4.69, 9.17) is 10.00 Å². The largest absolute Gasteiger partial charge is 0.494 e. The predicted molar refractivity (Wildman–Crippen MR) is 51.8 cm³/mol. The third kappa shape index (κ3) is 3.81. The lowest BCUT2D eigenvalue weighted by Gasteiger charge is -2.09. The standard InChI is InChI=1S/C11H10F3NO/c12-11(13,14)9-4-3-5-10(8-9)16-7-2-1-6-15/h3-5,8H,1-2,7H2. The summed E-state index contributed by atoms with van der Waals surface area (Å²) in [7, 11) is 0. The minimum absolute atomic E-state index is 0.174. The number of unbranched alkanes of at least 4 members (excludes halogenated alkanes) is 1. The van der Waals surface area contributed by atoms with Crippen LogP contribution in [0.3, 0.4) is 0 Å². The number of alkyl halides is 3. The maximum atomic E-state index is 12.3. The van der Waals surface area contributed by atoms with Gasteiger partial charge in [0.15, 0.2) is 0 Å². The molecule has 0 radical (unpaired) electrons. The van der Waals surface area contributed by atoms with Crippen molar-refractivity contribution >= 4 is 0 Å². The van der Waals surface area contributed by atoms with E-state index in [1.165, 1.54) is 12.1 Å². The first kappa shape index (κ1) is 12.4. The van der Waals surface area contributed by atoms with E-state index in [-0.39, 0.29) is 12.4 Å². The Labute approximate surface area is 91.3 Å². The molecule has 0 saturated carbocycles. The van der Waals surface area contributed by atoms with Gasteiger partial charge < -0.3 is 4.74 Å². The zero-order chi connectivity index (χ0) is 12.0. The lowest BCUT2D eigenvalue weighted by molar-refractivity contribution is -0.137. The van der Waals surface area contributed by atoms with Crippen LogP contribution >= 0.6 is 0 Å². The van der Waals surface area contributed by atoms with Crippen molar-refractivity contribution in [1.82, 2.24) is 0 Å². The van der Waals surface area contributed by atoms with Crippen LogP contribution in [-0.4, -0.2) is 6.61 Å². The van der Waals surface area contributed by atoms with E-state index >= 15 is 0 Å². The van der Waals surface area contributed by atoms with E-state index in [2.05, 4.69) is 0 Å². The molecule has 0 N–H and O–H groups in total. The second kappa shape index (κ2) is 5.40. The maximum Gasteiger partial charge on any atom is 0.416 e. The molecule has 1 aromatic carbocycles. The number of ether oxygens (including phenoxy) is 1. The summed E-state index contributed by atoms with van der Waals surface area (Å²) >= 11 is 0. The van der Waals surface area contributed by atoms with Crippen LogP contribution in [0.25, 0.3) is 0 Å². The number of halogens is 3. The Morgan fingerprint density at radius 3 is 2.69 bits per heavy atom. The Bertz CT molecular complexity index is 382. The van der Waals surface area contributed by atoms with Crippen LogP contribution in [-0.2, 0) is 6.18 Å². The van der Waals surface area contributed by atoms with Crippen molar-refractivity contribution in [1.29, 1.82) is 5.26 Å². The smallest absolute Gasteiger partial charge is 0.416 e. The zero-order valence-electron chi connectivity index (χ0n) is 8.42. The molecule has 0 aliphatic heterocycles. The summed E-state index contributed by atoms with van der Waals surface area (Å²) in [5.74, 6) is 0.174. The lowest BCUT2D eigenvalue weighted by atomic mass is 10.2. The maximum absolute atomic E-state index is 12.3. The molecule has 0 aliphatic rings. The highest BCUT2D eigenvalue weighted by atomic mass is 19.4. The van der Waals surface area contributed by atoms with E-state index < -0.39 is 11.7 Å². The molecule has 0 aliphatic carbocycles. The fraction of sp³-hybridized carbons (Fsp3) is 0.364. The first-order valence-corrected chi connectivity index (χ1v) is 4.71. The third-order valence-corrected chi connectivity index (χ3v) is 1.86. The van der Waals surface area contributed by atoms with Gasteiger partial charge in [0.05, 0.1) is 18.2 Å². The Morgan fingerprint density at radius 1 is 1.31 bits per heavy atom. The number of nitriles is 1. The predicted octanol–water partition coefficient (Wildman–Crippen LogP) is 3.39. The van der Waals surface area contributed by atoms with Crippen molar-refractivity contribution in [2.24, 2.45) is 0 Å². The molecule has 86 valence electrons. The van der Waals surface area contributed by atoms with Crippen LogP contribution in [0.1, 0.15) is 18.4 Å². The van der Waals surface area contributed by atoms with Crippen molar-refractivity contribution in [3.05, 3.63) is 29.8 Å². The van der Waals surface area contributed by atoms with E-state index in [0.717, 1.165) is 12.1 Å². The number of nitrogens with zero attached hydrogens (tertiary/aromatic N) is 1. The molecule has 0 heterocycles. The Balaban J connectivity index is 2.58. The summed E-state index contributed by atoms with van der Waals surface area (Å²) < 4.78 is 42.0. The fourth-order valence-corrected chi connectivity index (χ4v) is 1.10. The average Bonchev–Trinajstić information content (AvgIpc) is 2.24. The van der Waals surface area contributed by atoms with Crippen LogP contribution in [0.2, 0.25) is 0 Å². The number of hydrogen-bond donors (Lipinski definition) is 0. The molecule has 0 amide bonds. The first-order chi connectivity index (χ1) is 7.54. The molecule has 5 heteroatoms. The Hall–Kier alpha value is -1.70. The Kier molecular flexibility index (Phi) is 4.18. The lowest BCUT2D eigenvalue weighted by Crippen LogP contribution is -2.05. The topological polar surface area (TPSA) is 33.0 Å². The van der Waals surface area contributed by atoms with Gasteiger partial charge in [0.25, 0.3) is 0 Å². The first-order valence-electron chi connectivity index (χ1n) is 4.71. The molecule has 0 spiro atoms. The van der Waals surface area contributed by atoms with E-state index in [0.29, 0.717) is 12.8 Å². The minimum Gasteiger partial charge on any atom is -0.494 e. The molecule has 1 aromatic rings. The van der Waals surface area contributed by atoms with Gasteiger partial charge in [-0.05, 0) is 24.6 Å². The summed E-state index contributed by atoms with van der Waals surface area (Å²) in [4.78, 5) is 0. The minimum atomic E-state index is -4.36. The van der Waals surface area contributed by atoms with Crippen molar-refractivity contribution in [2.75, 3.05) is 6.61 Å². The van der Waals surface area contributed by atoms with Gasteiger partial charge in [-0.1, -0.05) is 6.07 Å². The van der Waals surface area contributed by atoms with E-state index in [1.807, 2.05) is 6.07 Å². The van der Waals surface area contributed by atoms with Crippen molar-refractivity contribution in [3.63, 3.8) is 0 Å². The van der Waals surface area contributed by atoms with Gasteiger partial charge in [-0.25, -0.2) is 0 Å². The van der Waals surface area contributed by atoms with Gasteiger partial charge >= 0.3 is 6.18 Å². The van der Waals surface area contributed by atoms with Crippen LogP contribution in [0.15, 0.2) is 24.3 Å². The van der Waals surface area contributed by atoms with Gasteiger partial charge in [-0.15, -0.1) is 0 Å². The summed E-state index contributed by atoms with van der Waals surface area (Å²) in [6.07, 6.45) is -3.52. The third-order valence-electron chi connectivity index (χ3n) is 1.86. The summed E-state index contributed by atoms with van der Waals surface area (Å²) in [5, 5.41) is 8.26. The zero-order valence-corrected chi connectivity index (χ0v) is 8.42. The molecule has 0 fully saturated rings. The monoisotopic (exact) mass is 229 g/mol. The second-order valence-electron chi connectivity index (χ2n) is 3.14. The fourth-order valence-electron chi connectivity index (χ4n) is 1.10. The number of benzene rings is 1. The molecular formula is C11H10F3NO. The SMILES string of the molecule is N#CCCCOc1cccc(C(F)(F)F)c1. The van der Waals surface area contributed by atoms with E-state index in [1.54, 1.807) is 0 Å². The molecule has 0 unspecified atom stereocenters. The Morgan fingerprint density at radius 2 is 2.06 bits per heavy atom. The second-order valence-corrected chi connectivity index (χ2v) is 3.14. The van der Waals surface area contributed by atoms with Crippen LogP contribution in [0.4, 0.5) is 13.2 Å². The highest BCUT2D eigenvalue weighted by Gasteiger charge is 2.30. The molecule has 1 rings (SSSR count). The average molecular weight is 229 g/mol. The molecule has 0 aromatic heterocycles. The van der Waals surface area contributed by atoms with Crippen LogP contribution in [0.5, 0.6) is 5.75 Å². The highest BCUT2D eigenvalue weighted by Crippen LogP contribution is 2.31. The summed E-state index contributed by atoms with van der Waals surface area (Å²) in [5.41, 5.74) is -0.731. The number of rotatable bonds is 4. The van der Waals surface area contributed by atoms with Gasteiger partial charge in [0.1, 0.15) is 5.75 Å². The molecule has 16 heavy (non-hydrogen) atoms. The summed E-state index contributed by atoms with van der Waals surface area (Å²) in [6, 6.07) is 6.62. The van der Waals surface area contributed by atoms with Gasteiger partial charge in [0.2, 0.25) is 0 Å². The van der Waals surface area contributed by atoms with E-state index in [9.17, 15) is 13.2 Å². The van der Waals surface area contributed by atoms with Gasteiger partial charge in [-0.3, -0.25) is 0 Å². The van der Waals surface area contributed by atoms with Gasteiger partial charge in [-0.2, -0.15) is 18.4 Å². The highest BCUT2D eigenvalue weighted by molar-refractivity contribution is 5.30. The molecule has 0 saturated heterocycles. The van der Waals surface area contributed by atoms with Gasteiger partial charge in [0, 0.05) is 6.42 Å². The van der Waals surface area contributed by atoms with Crippen LogP contribution < -0.4 is 4.74 Å². The van der Waals surface area contributed by atoms with Crippen LogP contribution in [0, 0.1) is 11.3 Å². The van der Waals surface area contributed by atoms with Crippen molar-refractivity contribution in [2.45, 2.75) is 19.0 Å². The van der Waals surface area contributed by atoms with Crippen molar-refractivity contribution < 1.29 is 17.9 Å². The normalized spacial score (nSPS) is 10.9. The van der Waals surface area contributed by atoms with Crippen molar-refractivity contribution in [3.8, 4) is 11.8 Å². The number of hydrogen-bond acceptors (Lipinski definition) is 2. The molecular weight excluding hydrogens is 219 g/mol. The molecule has 0 atom stereocenters. The molecule has 0 bridgehead atoms. The summed E-state index contributed by atoms with van der Waals surface area (Å²) in [6.45, 7) is 0.245. The molecule has 2 nitrogen and oxygen atoms in total.